The van der Waals surface area contributed by atoms with Gasteiger partial charge in [0.1, 0.15) is 17.1 Å². The van der Waals surface area contributed by atoms with Crippen LogP contribution in [-0.2, 0) is 14.6 Å². The highest BCUT2D eigenvalue weighted by Crippen LogP contribution is 2.27. The summed E-state index contributed by atoms with van der Waals surface area (Å²) < 4.78 is 34.1. The van der Waals surface area contributed by atoms with Gasteiger partial charge < -0.3 is 14.5 Å². The second-order valence-corrected chi connectivity index (χ2v) is 9.52. The van der Waals surface area contributed by atoms with Crippen LogP contribution in [0.5, 0.6) is 5.75 Å². The third-order valence-corrected chi connectivity index (χ3v) is 6.47. The van der Waals surface area contributed by atoms with Crippen molar-refractivity contribution in [1.29, 1.82) is 0 Å². The number of carbonyl (C=O) groups excluding carboxylic acids is 1. The number of benzene rings is 2. The van der Waals surface area contributed by atoms with Gasteiger partial charge >= 0.3 is 0 Å². The number of sulfone groups is 1. The van der Waals surface area contributed by atoms with Crippen LogP contribution in [0.2, 0.25) is 5.02 Å². The van der Waals surface area contributed by atoms with Gasteiger partial charge in [-0.05, 0) is 42.8 Å². The molecule has 2 aromatic carbocycles. The van der Waals surface area contributed by atoms with Gasteiger partial charge in [0.25, 0.3) is 5.91 Å². The largest absolute Gasteiger partial charge is 0.484 e. The number of hydrogen-bond donors (Lipinski definition) is 1. The summed E-state index contributed by atoms with van der Waals surface area (Å²) in [6.45, 7) is 1.40. The minimum absolute atomic E-state index is 0.158. The van der Waals surface area contributed by atoms with Gasteiger partial charge in [-0.25, -0.2) is 8.42 Å². The molecule has 0 fully saturated rings. The third-order valence-electron chi connectivity index (χ3n) is 4.82. The minimum Gasteiger partial charge on any atom is -0.484 e. The smallest absolute Gasteiger partial charge is 0.258 e. The van der Waals surface area contributed by atoms with Gasteiger partial charge in [0.2, 0.25) is 5.43 Å². The van der Waals surface area contributed by atoms with Crippen molar-refractivity contribution in [3.05, 3.63) is 75.0 Å². The lowest BCUT2D eigenvalue weighted by Gasteiger charge is -2.12. The molecule has 0 radical (unpaired) electrons. The molecule has 1 N–H and O–H groups in total. The predicted molar refractivity (Wildman–Crippen MR) is 118 cm³/mol. The molecule has 160 valence electrons. The van der Waals surface area contributed by atoms with Crippen LogP contribution < -0.4 is 15.5 Å². The number of carbonyl (C=O) groups is 1. The summed E-state index contributed by atoms with van der Waals surface area (Å²) in [5.41, 5.74) is 1.32. The second-order valence-electron chi connectivity index (χ2n) is 7.15. The van der Waals surface area contributed by atoms with Crippen LogP contribution >= 0.6 is 11.6 Å². The molecule has 3 aromatic rings. The first-order valence-electron chi connectivity index (χ1n) is 9.38. The second kappa shape index (κ2) is 8.20. The first kappa shape index (κ1) is 21.1. The van der Waals surface area contributed by atoms with E-state index in [1.807, 2.05) is 0 Å². The average molecular weight is 460 g/mol. The molecule has 9 heteroatoms. The zero-order chi connectivity index (χ0) is 22.2. The van der Waals surface area contributed by atoms with Crippen molar-refractivity contribution in [3.8, 4) is 16.9 Å². The van der Waals surface area contributed by atoms with Crippen molar-refractivity contribution in [3.63, 3.8) is 0 Å². The average Bonchev–Trinajstić information content (AvgIpc) is 3.05. The van der Waals surface area contributed by atoms with Crippen LogP contribution in [0.1, 0.15) is 5.76 Å². The summed E-state index contributed by atoms with van der Waals surface area (Å²) >= 11 is 5.93. The fourth-order valence-electron chi connectivity index (χ4n) is 3.39. The number of fused-ring (bicyclic) bond motifs is 1. The SMILES string of the molecule is Cc1oc2cc(OCC(=O)NC3C=CS(=O)(=O)C3)ccc2c(=O)c1-c1ccc(Cl)cc1. The highest BCUT2D eigenvalue weighted by Gasteiger charge is 2.23. The standard InChI is InChI=1S/C22H18ClNO6S/c1-13-21(14-2-4-15(23)5-3-14)22(26)18-7-6-17(10-19(18)30-13)29-11-20(25)24-16-8-9-31(27,28)12-16/h2-10,16H,11-12H2,1H3,(H,24,25). The van der Waals surface area contributed by atoms with Gasteiger partial charge in [-0.3, -0.25) is 9.59 Å². The van der Waals surface area contributed by atoms with Crippen LogP contribution in [0.4, 0.5) is 0 Å². The molecule has 1 unspecified atom stereocenters. The van der Waals surface area contributed by atoms with E-state index in [9.17, 15) is 18.0 Å². The Bertz CT molecular complexity index is 1360. The summed E-state index contributed by atoms with van der Waals surface area (Å²) in [4.78, 5) is 25.0. The van der Waals surface area contributed by atoms with Crippen molar-refractivity contribution < 1.29 is 22.4 Å². The van der Waals surface area contributed by atoms with Crippen molar-refractivity contribution in [2.45, 2.75) is 13.0 Å². The molecule has 0 aliphatic carbocycles. The molecule has 0 bridgehead atoms. The predicted octanol–water partition coefficient (Wildman–Crippen LogP) is 3.23. The number of ether oxygens (including phenoxy) is 1. The van der Waals surface area contributed by atoms with E-state index in [0.717, 1.165) is 5.41 Å². The van der Waals surface area contributed by atoms with Gasteiger partial charge in [0.05, 0.1) is 22.7 Å². The summed E-state index contributed by atoms with van der Waals surface area (Å²) in [7, 11) is -3.25. The first-order valence-corrected chi connectivity index (χ1v) is 11.5. The molecule has 7 nitrogen and oxygen atoms in total. The molecular formula is C22H18ClNO6S. The molecule has 31 heavy (non-hydrogen) atoms. The molecular weight excluding hydrogens is 442 g/mol. The molecule has 1 aromatic heterocycles. The van der Waals surface area contributed by atoms with E-state index in [1.54, 1.807) is 49.4 Å². The topological polar surface area (TPSA) is 103 Å². The zero-order valence-electron chi connectivity index (χ0n) is 16.4. The molecule has 0 spiro atoms. The van der Waals surface area contributed by atoms with Crippen molar-refractivity contribution in [1.82, 2.24) is 5.32 Å². The van der Waals surface area contributed by atoms with E-state index < -0.39 is 21.8 Å². The molecule has 1 atom stereocenters. The number of amides is 1. The molecule has 2 heterocycles. The number of aryl methyl sites for hydroxylation is 1. The lowest BCUT2D eigenvalue weighted by atomic mass is 10.0. The summed E-state index contributed by atoms with van der Waals surface area (Å²) in [6, 6.07) is 11.1. The highest BCUT2D eigenvalue weighted by atomic mass is 35.5. The van der Waals surface area contributed by atoms with E-state index in [1.165, 1.54) is 6.08 Å². The molecule has 4 rings (SSSR count). The first-order chi connectivity index (χ1) is 14.7. The molecule has 1 amide bonds. The zero-order valence-corrected chi connectivity index (χ0v) is 18.0. The quantitative estimate of drug-likeness (QED) is 0.628. The number of rotatable bonds is 5. The van der Waals surface area contributed by atoms with E-state index >= 15 is 0 Å². The van der Waals surface area contributed by atoms with Crippen molar-refractivity contribution in [2.75, 3.05) is 12.4 Å². The van der Waals surface area contributed by atoms with Gasteiger partial charge in [-0.2, -0.15) is 0 Å². The van der Waals surface area contributed by atoms with E-state index in [4.69, 9.17) is 20.8 Å². The van der Waals surface area contributed by atoms with Crippen molar-refractivity contribution in [2.24, 2.45) is 0 Å². The molecule has 0 saturated heterocycles. The minimum atomic E-state index is -3.25. The summed E-state index contributed by atoms with van der Waals surface area (Å²) in [5, 5.41) is 4.62. The highest BCUT2D eigenvalue weighted by molar-refractivity contribution is 7.94. The number of halogens is 1. The fraction of sp³-hybridized carbons (Fsp3) is 0.182. The van der Waals surface area contributed by atoms with Gasteiger partial charge in [0, 0.05) is 16.5 Å². The van der Waals surface area contributed by atoms with Crippen LogP contribution in [-0.4, -0.2) is 32.7 Å². The summed E-state index contributed by atoms with van der Waals surface area (Å²) in [6.07, 6.45) is 1.43. The van der Waals surface area contributed by atoms with Crippen LogP contribution in [0, 0.1) is 6.92 Å². The Hall–Kier alpha value is -3.10. The van der Waals surface area contributed by atoms with Crippen LogP contribution in [0.3, 0.4) is 0 Å². The maximum atomic E-state index is 13.0. The Balaban J connectivity index is 1.51. The summed E-state index contributed by atoms with van der Waals surface area (Å²) in [5.74, 6) is 0.181. The van der Waals surface area contributed by atoms with E-state index in [0.29, 0.717) is 38.6 Å². The Kier molecular flexibility index (Phi) is 5.60. The van der Waals surface area contributed by atoms with Crippen LogP contribution in [0.15, 0.2) is 63.2 Å². The number of hydrogen-bond acceptors (Lipinski definition) is 6. The lowest BCUT2D eigenvalue weighted by molar-refractivity contribution is -0.123. The normalized spacial score (nSPS) is 17.0. The Labute approximate surface area is 183 Å². The molecule has 0 saturated carbocycles. The molecule has 1 aliphatic rings. The maximum absolute atomic E-state index is 13.0. The Morgan fingerprint density at radius 3 is 2.65 bits per heavy atom. The Morgan fingerprint density at radius 1 is 1.23 bits per heavy atom. The lowest BCUT2D eigenvalue weighted by Crippen LogP contribution is -2.38. The Morgan fingerprint density at radius 2 is 1.97 bits per heavy atom. The monoisotopic (exact) mass is 459 g/mol. The van der Waals surface area contributed by atoms with E-state index in [2.05, 4.69) is 5.32 Å². The maximum Gasteiger partial charge on any atom is 0.258 e. The fourth-order valence-corrected chi connectivity index (χ4v) is 4.75. The van der Waals surface area contributed by atoms with Crippen molar-refractivity contribution >= 4 is 38.3 Å². The van der Waals surface area contributed by atoms with Gasteiger partial charge in [0.15, 0.2) is 16.4 Å². The van der Waals surface area contributed by atoms with E-state index in [-0.39, 0.29) is 17.8 Å². The molecule has 1 aliphatic heterocycles. The number of nitrogens with one attached hydrogen (secondary N) is 1. The van der Waals surface area contributed by atoms with Gasteiger partial charge in [-0.1, -0.05) is 23.7 Å². The third kappa shape index (κ3) is 4.65. The van der Waals surface area contributed by atoms with Crippen LogP contribution in [0.25, 0.3) is 22.1 Å². The van der Waals surface area contributed by atoms with Gasteiger partial charge in [-0.15, -0.1) is 0 Å².